The van der Waals surface area contributed by atoms with Crippen molar-refractivity contribution in [3.05, 3.63) is 0 Å². The molecule has 12 heavy (non-hydrogen) atoms. The molecule has 0 aliphatic carbocycles. The number of hydrogen-bond donors (Lipinski definition) is 1. The van der Waals surface area contributed by atoms with Crippen LogP contribution in [0.4, 0.5) is 0 Å². The van der Waals surface area contributed by atoms with Gasteiger partial charge in [-0.1, -0.05) is 20.7 Å². The number of hydrogen-bond acceptors (Lipinski definition) is 3. The Hall–Kier alpha value is 0.480. The Morgan fingerprint density at radius 1 is 1.42 bits per heavy atom. The smallest absolute Gasteiger partial charge is 0.0945 e. The van der Waals surface area contributed by atoms with E-state index in [1.54, 1.807) is 0 Å². The van der Waals surface area contributed by atoms with Crippen LogP contribution in [0.3, 0.4) is 0 Å². The SMILES string of the molecule is OC1COCC2OC3=I[C@H]3C2C1. The molecule has 3 aliphatic heterocycles. The second-order valence-electron chi connectivity index (χ2n) is 3.56. The lowest BCUT2D eigenvalue weighted by atomic mass is 9.96. The minimum atomic E-state index is -0.257. The van der Waals surface area contributed by atoms with Crippen molar-refractivity contribution < 1.29 is 14.6 Å². The number of alkyl halides is 1. The van der Waals surface area contributed by atoms with Gasteiger partial charge in [-0.25, -0.2) is 0 Å². The van der Waals surface area contributed by atoms with Crippen molar-refractivity contribution >= 4 is 24.4 Å². The van der Waals surface area contributed by atoms with Gasteiger partial charge in [0.25, 0.3) is 0 Å². The van der Waals surface area contributed by atoms with Crippen LogP contribution in [0, 0.1) is 5.92 Å². The Morgan fingerprint density at radius 3 is 3.25 bits per heavy atom. The summed E-state index contributed by atoms with van der Waals surface area (Å²) in [6.07, 6.45) is 0.904. The third-order valence-corrected chi connectivity index (χ3v) is 5.67. The second kappa shape index (κ2) is 2.73. The summed E-state index contributed by atoms with van der Waals surface area (Å²) in [5.41, 5.74) is 0. The van der Waals surface area contributed by atoms with E-state index in [0.717, 1.165) is 10.3 Å². The molecule has 3 unspecified atom stereocenters. The van der Waals surface area contributed by atoms with E-state index in [1.165, 1.54) is 3.69 Å². The third kappa shape index (κ3) is 1.16. The van der Waals surface area contributed by atoms with Crippen molar-refractivity contribution in [1.29, 1.82) is 0 Å². The zero-order chi connectivity index (χ0) is 8.13. The fraction of sp³-hybridized carbons (Fsp3) is 0.875. The number of aliphatic hydroxyl groups excluding tert-OH is 1. The molecule has 1 N–H and O–H groups in total. The van der Waals surface area contributed by atoms with E-state index in [2.05, 4.69) is 0 Å². The summed E-state index contributed by atoms with van der Waals surface area (Å²) >= 11 is 0.248. The van der Waals surface area contributed by atoms with Gasteiger partial charge in [0, 0.05) is 5.92 Å². The molecule has 0 saturated carbocycles. The fourth-order valence-electron chi connectivity index (χ4n) is 1.98. The third-order valence-electron chi connectivity index (χ3n) is 2.65. The Labute approximate surface area is 80.8 Å². The molecule has 2 fully saturated rings. The molecule has 4 heteroatoms. The Bertz CT molecular complexity index is 240. The number of fused-ring (bicyclic) bond motifs is 3. The topological polar surface area (TPSA) is 38.7 Å². The van der Waals surface area contributed by atoms with Gasteiger partial charge in [-0.3, -0.25) is 0 Å². The molecule has 0 aromatic rings. The van der Waals surface area contributed by atoms with Crippen LogP contribution in [0.5, 0.6) is 0 Å². The summed E-state index contributed by atoms with van der Waals surface area (Å²) < 4.78 is 13.1. The standard InChI is InChI=1S/C8H11IO3/c10-4-1-5-6(3-11-2-4)12-8-7(5)9-8/h4-7,10H,1-3H2/t4?,5?,6?,7-/m0/s1. The van der Waals surface area contributed by atoms with Crippen LogP contribution in [0.15, 0.2) is 0 Å². The van der Waals surface area contributed by atoms with Crippen LogP contribution >= 0.6 is 20.7 Å². The highest BCUT2D eigenvalue weighted by Crippen LogP contribution is 2.49. The van der Waals surface area contributed by atoms with E-state index in [0.29, 0.717) is 19.1 Å². The summed E-state index contributed by atoms with van der Waals surface area (Å²) in [5.74, 6) is 0.588. The molecule has 3 nitrogen and oxygen atoms in total. The average molecular weight is 282 g/mol. The maximum Gasteiger partial charge on any atom is 0.0945 e. The monoisotopic (exact) mass is 282 g/mol. The number of aliphatic hydroxyl groups is 1. The van der Waals surface area contributed by atoms with Crippen LogP contribution in [0.2, 0.25) is 0 Å². The molecule has 0 aromatic heterocycles. The summed E-state index contributed by atoms with van der Waals surface area (Å²) in [6.45, 7) is 1.18. The van der Waals surface area contributed by atoms with Crippen molar-refractivity contribution in [2.45, 2.75) is 22.6 Å². The largest absolute Gasteiger partial charge is 0.391 e. The van der Waals surface area contributed by atoms with Gasteiger partial charge in [-0.2, -0.15) is 0 Å². The molecule has 68 valence electrons. The van der Waals surface area contributed by atoms with E-state index < -0.39 is 0 Å². The lowest BCUT2D eigenvalue weighted by Crippen LogP contribution is -2.24. The Morgan fingerprint density at radius 2 is 2.33 bits per heavy atom. The maximum absolute atomic E-state index is 9.49. The van der Waals surface area contributed by atoms with Crippen LogP contribution in [-0.4, -0.2) is 38.1 Å². The van der Waals surface area contributed by atoms with Gasteiger partial charge < -0.3 is 14.6 Å². The van der Waals surface area contributed by atoms with Gasteiger partial charge in [0.05, 0.1) is 33.0 Å². The first-order valence-corrected chi connectivity index (χ1v) is 6.60. The van der Waals surface area contributed by atoms with E-state index in [1.807, 2.05) is 0 Å². The van der Waals surface area contributed by atoms with Crippen LogP contribution < -0.4 is 0 Å². The highest BCUT2D eigenvalue weighted by Gasteiger charge is 2.50. The molecular weight excluding hydrogens is 271 g/mol. The zero-order valence-electron chi connectivity index (χ0n) is 6.57. The van der Waals surface area contributed by atoms with E-state index in [-0.39, 0.29) is 32.9 Å². The predicted octanol–water partition coefficient (Wildman–Crippen LogP) is 0.265. The zero-order valence-corrected chi connectivity index (χ0v) is 8.73. The predicted molar refractivity (Wildman–Crippen MR) is 52.6 cm³/mol. The summed E-state index contributed by atoms with van der Waals surface area (Å²) in [7, 11) is 0. The molecule has 4 atom stereocenters. The van der Waals surface area contributed by atoms with Gasteiger partial charge in [-0.15, -0.1) is 0 Å². The van der Waals surface area contributed by atoms with Crippen LogP contribution in [0.25, 0.3) is 0 Å². The van der Waals surface area contributed by atoms with Crippen LogP contribution in [-0.2, 0) is 9.47 Å². The first-order chi connectivity index (χ1) is 5.84. The first-order valence-electron chi connectivity index (χ1n) is 4.27. The fourth-order valence-corrected chi connectivity index (χ4v) is 4.76. The Kier molecular flexibility index (Phi) is 1.79. The van der Waals surface area contributed by atoms with Gasteiger partial charge in [0.1, 0.15) is 0 Å². The molecule has 0 spiro atoms. The summed E-state index contributed by atoms with van der Waals surface area (Å²) in [5, 5.41) is 9.49. The molecule has 0 radical (unpaired) electrons. The number of ether oxygens (including phenoxy) is 2. The van der Waals surface area contributed by atoms with Gasteiger partial charge >= 0.3 is 0 Å². The highest BCUT2D eigenvalue weighted by atomic mass is 127. The molecule has 3 heterocycles. The minimum Gasteiger partial charge on any atom is -0.391 e. The molecular formula is C8H11IO3. The molecule has 0 aromatic carbocycles. The van der Waals surface area contributed by atoms with E-state index >= 15 is 0 Å². The van der Waals surface area contributed by atoms with Crippen molar-refractivity contribution in [3.63, 3.8) is 0 Å². The van der Waals surface area contributed by atoms with Crippen molar-refractivity contribution in [2.24, 2.45) is 5.92 Å². The van der Waals surface area contributed by atoms with Crippen LogP contribution in [0.1, 0.15) is 6.42 Å². The quantitative estimate of drug-likeness (QED) is 0.512. The number of rotatable bonds is 0. The lowest BCUT2D eigenvalue weighted by Gasteiger charge is -2.15. The molecule has 3 aliphatic rings. The molecule has 0 amide bonds. The molecule has 0 bridgehead atoms. The van der Waals surface area contributed by atoms with Crippen molar-refractivity contribution in [1.82, 2.24) is 0 Å². The van der Waals surface area contributed by atoms with Gasteiger partial charge in [0.2, 0.25) is 0 Å². The van der Waals surface area contributed by atoms with E-state index in [4.69, 9.17) is 9.47 Å². The van der Waals surface area contributed by atoms with Gasteiger partial charge in [0.15, 0.2) is 0 Å². The summed E-state index contributed by atoms with van der Waals surface area (Å²) in [4.78, 5) is 0. The summed E-state index contributed by atoms with van der Waals surface area (Å²) in [6, 6.07) is 0. The van der Waals surface area contributed by atoms with E-state index in [9.17, 15) is 5.11 Å². The van der Waals surface area contributed by atoms with Crippen molar-refractivity contribution in [3.8, 4) is 0 Å². The maximum atomic E-state index is 9.49. The minimum absolute atomic E-state index is 0.248. The lowest BCUT2D eigenvalue weighted by molar-refractivity contribution is 0.0280. The normalized spacial score (nSPS) is 51.2. The second-order valence-corrected chi connectivity index (χ2v) is 6.59. The number of halogens is 1. The molecule has 2 saturated heterocycles. The van der Waals surface area contributed by atoms with Gasteiger partial charge in [-0.05, 0) is 6.42 Å². The van der Waals surface area contributed by atoms with Crippen molar-refractivity contribution in [2.75, 3.05) is 13.2 Å². The average Bonchev–Trinajstić information content (AvgIpc) is 2.75. The molecule has 3 rings (SSSR count). The Balaban J connectivity index is 1.78. The highest BCUT2D eigenvalue weighted by molar-refractivity contribution is 14.2. The first kappa shape index (κ1) is 7.84.